The summed E-state index contributed by atoms with van der Waals surface area (Å²) < 4.78 is 42.6. The third-order valence-electron chi connectivity index (χ3n) is 2.62. The van der Waals surface area contributed by atoms with Gasteiger partial charge in [-0.25, -0.2) is 0 Å². The summed E-state index contributed by atoms with van der Waals surface area (Å²) >= 11 is 0. The van der Waals surface area contributed by atoms with Gasteiger partial charge in [0.15, 0.2) is 5.78 Å². The van der Waals surface area contributed by atoms with Gasteiger partial charge in [-0.1, -0.05) is 0 Å². The van der Waals surface area contributed by atoms with E-state index in [4.69, 9.17) is 9.84 Å². The van der Waals surface area contributed by atoms with Crippen molar-refractivity contribution in [2.45, 2.75) is 25.4 Å². The molecule has 0 aromatic heterocycles. The molecule has 0 heterocycles. The van der Waals surface area contributed by atoms with Gasteiger partial charge in [-0.2, -0.15) is 13.2 Å². The number of rotatable bonds is 6. The highest BCUT2D eigenvalue weighted by atomic mass is 19.4. The molecule has 0 bridgehead atoms. The quantitative estimate of drug-likeness (QED) is 0.817. The molecule has 0 saturated heterocycles. The van der Waals surface area contributed by atoms with Crippen LogP contribution in [0, 0.1) is 0 Å². The molecule has 0 aliphatic rings. The number of alkyl halides is 3. The van der Waals surface area contributed by atoms with Crippen LogP contribution in [0.4, 0.5) is 13.2 Å². The van der Waals surface area contributed by atoms with Crippen molar-refractivity contribution in [2.24, 2.45) is 0 Å². The van der Waals surface area contributed by atoms with Gasteiger partial charge in [0.2, 0.25) is 0 Å². The van der Waals surface area contributed by atoms with E-state index in [1.807, 2.05) is 0 Å². The minimum atomic E-state index is -4.55. The molecular formula is C13H13F3O4. The largest absolute Gasteiger partial charge is 0.496 e. The lowest BCUT2D eigenvalue weighted by atomic mass is 10.0. The first-order valence-corrected chi connectivity index (χ1v) is 5.76. The first-order valence-electron chi connectivity index (χ1n) is 5.76. The summed E-state index contributed by atoms with van der Waals surface area (Å²) in [6.07, 6.45) is -4.85. The number of carbonyl (C=O) groups excluding carboxylic acids is 1. The van der Waals surface area contributed by atoms with Gasteiger partial charge >= 0.3 is 12.1 Å². The van der Waals surface area contributed by atoms with E-state index in [1.54, 1.807) is 0 Å². The lowest BCUT2D eigenvalue weighted by Crippen LogP contribution is -2.09. The van der Waals surface area contributed by atoms with E-state index in [2.05, 4.69) is 0 Å². The molecule has 0 radical (unpaired) electrons. The lowest BCUT2D eigenvalue weighted by molar-refractivity contribution is -0.138. The average molecular weight is 290 g/mol. The van der Waals surface area contributed by atoms with Crippen LogP contribution >= 0.6 is 0 Å². The van der Waals surface area contributed by atoms with E-state index >= 15 is 0 Å². The SMILES string of the molecule is COc1ccc(C(F)(F)F)cc1C(=O)CCCC(=O)O. The van der Waals surface area contributed by atoms with E-state index < -0.39 is 23.5 Å². The molecule has 0 aliphatic carbocycles. The van der Waals surface area contributed by atoms with Crippen molar-refractivity contribution < 1.29 is 32.6 Å². The molecule has 0 saturated carbocycles. The van der Waals surface area contributed by atoms with E-state index in [0.717, 1.165) is 18.2 Å². The Hall–Kier alpha value is -2.05. The van der Waals surface area contributed by atoms with Crippen LogP contribution in [-0.2, 0) is 11.0 Å². The van der Waals surface area contributed by atoms with Gasteiger partial charge in [-0.05, 0) is 24.6 Å². The lowest BCUT2D eigenvalue weighted by Gasteiger charge is -2.12. The highest BCUT2D eigenvalue weighted by Gasteiger charge is 2.31. The van der Waals surface area contributed by atoms with Crippen molar-refractivity contribution in [3.05, 3.63) is 29.3 Å². The van der Waals surface area contributed by atoms with Crippen LogP contribution in [0.25, 0.3) is 0 Å². The third kappa shape index (κ3) is 4.25. The van der Waals surface area contributed by atoms with Crippen LogP contribution in [0.3, 0.4) is 0 Å². The summed E-state index contributed by atoms with van der Waals surface area (Å²) in [5.74, 6) is -1.60. The fourth-order valence-corrected chi connectivity index (χ4v) is 1.64. The molecule has 0 atom stereocenters. The predicted molar refractivity (Wildman–Crippen MR) is 63.8 cm³/mol. The van der Waals surface area contributed by atoms with Crippen molar-refractivity contribution in [3.63, 3.8) is 0 Å². The summed E-state index contributed by atoms with van der Waals surface area (Å²) in [6, 6.07) is 2.63. The number of methoxy groups -OCH3 is 1. The number of ketones is 1. The zero-order valence-electron chi connectivity index (χ0n) is 10.7. The van der Waals surface area contributed by atoms with Crippen molar-refractivity contribution in [3.8, 4) is 5.75 Å². The zero-order chi connectivity index (χ0) is 15.3. The van der Waals surface area contributed by atoms with Gasteiger partial charge in [0.25, 0.3) is 0 Å². The molecule has 0 aliphatic heterocycles. The Morgan fingerprint density at radius 3 is 2.40 bits per heavy atom. The highest BCUT2D eigenvalue weighted by Crippen LogP contribution is 2.33. The molecule has 1 rings (SSSR count). The number of aliphatic carboxylic acids is 1. The summed E-state index contributed by atoms with van der Waals surface area (Å²) in [5.41, 5.74) is -1.13. The Labute approximate surface area is 113 Å². The van der Waals surface area contributed by atoms with E-state index in [1.165, 1.54) is 7.11 Å². The monoisotopic (exact) mass is 290 g/mol. The molecule has 1 aromatic carbocycles. The second-order valence-corrected chi connectivity index (χ2v) is 4.08. The first-order chi connectivity index (χ1) is 9.25. The summed E-state index contributed by atoms with van der Waals surface area (Å²) in [5, 5.41) is 8.46. The van der Waals surface area contributed by atoms with Gasteiger partial charge in [-0.3, -0.25) is 9.59 Å². The minimum absolute atomic E-state index is 0.0401. The van der Waals surface area contributed by atoms with Gasteiger partial charge in [-0.15, -0.1) is 0 Å². The molecule has 7 heteroatoms. The van der Waals surface area contributed by atoms with E-state index in [0.29, 0.717) is 0 Å². The summed E-state index contributed by atoms with van der Waals surface area (Å²) in [7, 11) is 1.25. The maximum Gasteiger partial charge on any atom is 0.416 e. The number of benzene rings is 1. The topological polar surface area (TPSA) is 63.6 Å². The molecule has 20 heavy (non-hydrogen) atoms. The highest BCUT2D eigenvalue weighted by molar-refractivity contribution is 5.99. The van der Waals surface area contributed by atoms with Crippen molar-refractivity contribution in [2.75, 3.05) is 7.11 Å². The minimum Gasteiger partial charge on any atom is -0.496 e. The van der Waals surface area contributed by atoms with Crippen molar-refractivity contribution in [1.29, 1.82) is 0 Å². The molecule has 0 unspecified atom stereocenters. The molecule has 0 amide bonds. The second-order valence-electron chi connectivity index (χ2n) is 4.08. The van der Waals surface area contributed by atoms with Crippen LogP contribution in [0.1, 0.15) is 35.2 Å². The van der Waals surface area contributed by atoms with Crippen LogP contribution < -0.4 is 4.74 Å². The summed E-state index contributed by atoms with van der Waals surface area (Å²) in [6.45, 7) is 0. The normalized spacial score (nSPS) is 11.2. The number of ether oxygens (including phenoxy) is 1. The number of Topliss-reactive ketones (excluding diaryl/α,β-unsaturated/α-hetero) is 1. The number of hydrogen-bond donors (Lipinski definition) is 1. The molecule has 1 N–H and O–H groups in total. The van der Waals surface area contributed by atoms with Gasteiger partial charge in [0.05, 0.1) is 18.2 Å². The third-order valence-corrected chi connectivity index (χ3v) is 2.62. The average Bonchev–Trinajstić information content (AvgIpc) is 2.36. The van der Waals surface area contributed by atoms with Gasteiger partial charge in [0.1, 0.15) is 5.75 Å². The van der Waals surface area contributed by atoms with E-state index in [9.17, 15) is 22.8 Å². The van der Waals surface area contributed by atoms with Crippen molar-refractivity contribution >= 4 is 11.8 Å². The smallest absolute Gasteiger partial charge is 0.416 e. The second kappa shape index (κ2) is 6.40. The standard InChI is InChI=1S/C13H13F3O4/c1-20-11-6-5-8(13(14,15)16)7-9(11)10(17)3-2-4-12(18)19/h5-7H,2-4H2,1H3,(H,18,19). The fraction of sp³-hybridized carbons (Fsp3) is 0.385. The number of carboxylic acids is 1. The fourth-order valence-electron chi connectivity index (χ4n) is 1.64. The number of halogens is 3. The van der Waals surface area contributed by atoms with Crippen LogP contribution in [0.5, 0.6) is 5.75 Å². The molecular weight excluding hydrogens is 277 g/mol. The maximum atomic E-state index is 12.6. The van der Waals surface area contributed by atoms with Gasteiger partial charge < -0.3 is 9.84 Å². The van der Waals surface area contributed by atoms with Crippen LogP contribution in [0.15, 0.2) is 18.2 Å². The Balaban J connectivity index is 2.96. The predicted octanol–water partition coefficient (Wildman–Crippen LogP) is 3.15. The molecule has 1 aromatic rings. The molecule has 110 valence electrons. The Kier molecular flexibility index (Phi) is 5.12. The van der Waals surface area contributed by atoms with Crippen molar-refractivity contribution in [1.82, 2.24) is 0 Å². The Bertz CT molecular complexity index is 509. The molecule has 0 fully saturated rings. The molecule has 0 spiro atoms. The number of carboxylic acid groups (broad SMARTS) is 1. The maximum absolute atomic E-state index is 12.6. The molecule has 4 nitrogen and oxygen atoms in total. The number of hydrogen-bond acceptors (Lipinski definition) is 3. The zero-order valence-corrected chi connectivity index (χ0v) is 10.7. The number of carbonyl (C=O) groups is 2. The Morgan fingerprint density at radius 2 is 1.90 bits per heavy atom. The van der Waals surface area contributed by atoms with Gasteiger partial charge in [0, 0.05) is 12.8 Å². The Morgan fingerprint density at radius 1 is 1.25 bits per heavy atom. The summed E-state index contributed by atoms with van der Waals surface area (Å²) in [4.78, 5) is 22.2. The van der Waals surface area contributed by atoms with Crippen LogP contribution in [-0.4, -0.2) is 24.0 Å². The van der Waals surface area contributed by atoms with Crippen LogP contribution in [0.2, 0.25) is 0 Å². The first kappa shape index (κ1) is 16.0. The van der Waals surface area contributed by atoms with E-state index in [-0.39, 0.29) is 30.6 Å².